The van der Waals surface area contributed by atoms with E-state index in [-0.39, 0.29) is 0 Å². The van der Waals surface area contributed by atoms with E-state index < -0.39 is 0 Å². The van der Waals surface area contributed by atoms with Gasteiger partial charge in [-0.3, -0.25) is 4.90 Å². The number of rotatable bonds is 7. The zero-order valence-corrected chi connectivity index (χ0v) is 12.2. The van der Waals surface area contributed by atoms with Gasteiger partial charge in [0.05, 0.1) is 6.61 Å². The molecule has 0 aromatic heterocycles. The Hall–Kier alpha value is -0.770. The molecular formula is C14H23ClN2O. The van der Waals surface area contributed by atoms with E-state index in [1.807, 2.05) is 18.2 Å². The minimum atomic E-state index is 0.602. The third kappa shape index (κ3) is 4.84. The van der Waals surface area contributed by atoms with Crippen molar-refractivity contribution in [2.24, 2.45) is 5.92 Å². The summed E-state index contributed by atoms with van der Waals surface area (Å²) in [6.45, 7) is 7.79. The van der Waals surface area contributed by atoms with Crippen LogP contribution >= 0.6 is 11.6 Å². The van der Waals surface area contributed by atoms with Crippen LogP contribution in [0.5, 0.6) is 0 Å². The van der Waals surface area contributed by atoms with Crippen molar-refractivity contribution in [1.29, 1.82) is 0 Å². The molecule has 0 spiro atoms. The van der Waals surface area contributed by atoms with Gasteiger partial charge in [-0.05, 0) is 18.1 Å². The van der Waals surface area contributed by atoms with Crippen LogP contribution in [0.25, 0.3) is 0 Å². The van der Waals surface area contributed by atoms with Crippen LogP contribution in [0.3, 0.4) is 0 Å². The van der Waals surface area contributed by atoms with Crippen molar-refractivity contribution in [2.45, 2.75) is 20.4 Å². The van der Waals surface area contributed by atoms with Crippen LogP contribution in [-0.4, -0.2) is 31.7 Å². The number of hydrogen-bond acceptors (Lipinski definition) is 3. The topological polar surface area (TPSA) is 38.5 Å². The third-order valence-corrected chi connectivity index (χ3v) is 3.13. The van der Waals surface area contributed by atoms with E-state index in [2.05, 4.69) is 18.7 Å². The molecule has 0 aliphatic heterocycles. The minimum absolute atomic E-state index is 0.602. The van der Waals surface area contributed by atoms with Gasteiger partial charge in [0.25, 0.3) is 0 Å². The summed E-state index contributed by atoms with van der Waals surface area (Å²) in [6, 6.07) is 5.66. The van der Waals surface area contributed by atoms with Crippen LogP contribution in [0, 0.1) is 5.92 Å². The number of nitrogens with zero attached hydrogens (tertiary/aromatic N) is 1. The molecule has 0 atom stereocenters. The van der Waals surface area contributed by atoms with E-state index in [0.717, 1.165) is 42.5 Å². The van der Waals surface area contributed by atoms with E-state index in [1.54, 1.807) is 7.11 Å². The van der Waals surface area contributed by atoms with Gasteiger partial charge in [0, 0.05) is 43.0 Å². The van der Waals surface area contributed by atoms with Crippen molar-refractivity contribution in [3.05, 3.63) is 28.8 Å². The summed E-state index contributed by atoms with van der Waals surface area (Å²) in [4.78, 5) is 2.33. The number of halogens is 1. The molecule has 1 aromatic rings. The first kappa shape index (κ1) is 15.3. The molecule has 1 rings (SSSR count). The predicted octanol–water partition coefficient (Wildman–Crippen LogP) is 3.03. The first-order valence-electron chi connectivity index (χ1n) is 6.28. The standard InChI is InChI=1S/C14H23ClN2O/c1-11(2)9-17(7-8-18-3)10-12-13(15)5-4-6-14(12)16/h4-6,11H,7-10,16H2,1-3H3. The Balaban J connectivity index is 2.75. The van der Waals surface area contributed by atoms with E-state index >= 15 is 0 Å². The van der Waals surface area contributed by atoms with Gasteiger partial charge < -0.3 is 10.5 Å². The molecular weight excluding hydrogens is 248 g/mol. The maximum atomic E-state index is 6.21. The highest BCUT2D eigenvalue weighted by molar-refractivity contribution is 6.31. The maximum absolute atomic E-state index is 6.21. The number of ether oxygens (including phenoxy) is 1. The second-order valence-corrected chi connectivity index (χ2v) is 5.34. The summed E-state index contributed by atoms with van der Waals surface area (Å²) in [5.41, 5.74) is 7.75. The summed E-state index contributed by atoms with van der Waals surface area (Å²) in [5, 5.41) is 0.737. The molecule has 0 amide bonds. The molecule has 18 heavy (non-hydrogen) atoms. The highest BCUT2D eigenvalue weighted by atomic mass is 35.5. The third-order valence-electron chi connectivity index (χ3n) is 2.77. The minimum Gasteiger partial charge on any atom is -0.398 e. The van der Waals surface area contributed by atoms with E-state index in [0.29, 0.717) is 5.92 Å². The number of hydrogen-bond donors (Lipinski definition) is 1. The largest absolute Gasteiger partial charge is 0.398 e. The summed E-state index contributed by atoms with van der Waals surface area (Å²) < 4.78 is 5.15. The van der Waals surface area contributed by atoms with E-state index in [1.165, 1.54) is 0 Å². The van der Waals surface area contributed by atoms with Crippen LogP contribution in [0.1, 0.15) is 19.4 Å². The molecule has 0 fully saturated rings. The lowest BCUT2D eigenvalue weighted by Crippen LogP contribution is -2.31. The van der Waals surface area contributed by atoms with E-state index in [4.69, 9.17) is 22.1 Å². The highest BCUT2D eigenvalue weighted by Gasteiger charge is 2.12. The van der Waals surface area contributed by atoms with Crippen LogP contribution in [0.4, 0.5) is 5.69 Å². The molecule has 0 heterocycles. The molecule has 1 aromatic carbocycles. The van der Waals surface area contributed by atoms with Gasteiger partial charge in [0.15, 0.2) is 0 Å². The zero-order chi connectivity index (χ0) is 13.5. The number of benzene rings is 1. The lowest BCUT2D eigenvalue weighted by atomic mass is 10.1. The second-order valence-electron chi connectivity index (χ2n) is 4.93. The molecule has 4 heteroatoms. The Bertz CT molecular complexity index is 349. The van der Waals surface area contributed by atoms with Crippen LogP contribution in [0.15, 0.2) is 18.2 Å². The summed E-state index contributed by atoms with van der Waals surface area (Å²) in [7, 11) is 1.72. The molecule has 2 N–H and O–H groups in total. The lowest BCUT2D eigenvalue weighted by Gasteiger charge is -2.25. The van der Waals surface area contributed by atoms with Crippen LogP contribution < -0.4 is 5.73 Å². The molecule has 0 unspecified atom stereocenters. The van der Waals surface area contributed by atoms with Crippen molar-refractivity contribution in [3.8, 4) is 0 Å². The fourth-order valence-corrected chi connectivity index (χ4v) is 2.18. The molecule has 0 saturated heterocycles. The smallest absolute Gasteiger partial charge is 0.0589 e. The Morgan fingerprint density at radius 1 is 1.39 bits per heavy atom. The van der Waals surface area contributed by atoms with Crippen molar-refractivity contribution in [1.82, 2.24) is 4.90 Å². The Morgan fingerprint density at radius 2 is 2.11 bits per heavy atom. The average molecular weight is 271 g/mol. The lowest BCUT2D eigenvalue weighted by molar-refractivity contribution is 0.136. The van der Waals surface area contributed by atoms with Crippen LogP contribution in [0.2, 0.25) is 5.02 Å². The molecule has 102 valence electrons. The van der Waals surface area contributed by atoms with Gasteiger partial charge in [-0.15, -0.1) is 0 Å². The summed E-state index contributed by atoms with van der Waals surface area (Å²) >= 11 is 6.21. The highest BCUT2D eigenvalue weighted by Crippen LogP contribution is 2.23. The first-order valence-corrected chi connectivity index (χ1v) is 6.66. The molecule has 3 nitrogen and oxygen atoms in total. The SMILES string of the molecule is COCCN(Cc1c(N)cccc1Cl)CC(C)C. The number of methoxy groups -OCH3 is 1. The zero-order valence-electron chi connectivity index (χ0n) is 11.4. The van der Waals surface area contributed by atoms with Gasteiger partial charge in [0.2, 0.25) is 0 Å². The quantitative estimate of drug-likeness (QED) is 0.774. The molecule has 0 bridgehead atoms. The van der Waals surface area contributed by atoms with Crippen molar-refractivity contribution < 1.29 is 4.74 Å². The second kappa shape index (κ2) is 7.62. The van der Waals surface area contributed by atoms with Crippen molar-refractivity contribution >= 4 is 17.3 Å². The Kier molecular flexibility index (Phi) is 6.47. The number of nitrogen functional groups attached to an aromatic ring is 1. The maximum Gasteiger partial charge on any atom is 0.0589 e. The number of nitrogens with two attached hydrogens (primary N) is 1. The van der Waals surface area contributed by atoms with Gasteiger partial charge in [0.1, 0.15) is 0 Å². The molecule has 0 saturated carbocycles. The first-order chi connectivity index (χ1) is 8.54. The number of anilines is 1. The van der Waals surface area contributed by atoms with Gasteiger partial charge in [-0.1, -0.05) is 31.5 Å². The Morgan fingerprint density at radius 3 is 2.67 bits per heavy atom. The average Bonchev–Trinajstić information content (AvgIpc) is 2.30. The van der Waals surface area contributed by atoms with Crippen LogP contribution in [-0.2, 0) is 11.3 Å². The predicted molar refractivity (Wildman–Crippen MR) is 77.9 cm³/mol. The van der Waals surface area contributed by atoms with Crippen molar-refractivity contribution in [2.75, 3.05) is 32.5 Å². The fraction of sp³-hybridized carbons (Fsp3) is 0.571. The molecule has 0 aliphatic carbocycles. The van der Waals surface area contributed by atoms with Crippen molar-refractivity contribution in [3.63, 3.8) is 0 Å². The Labute approximate surface area is 115 Å². The van der Waals surface area contributed by atoms with Gasteiger partial charge >= 0.3 is 0 Å². The summed E-state index contributed by atoms with van der Waals surface area (Å²) in [6.07, 6.45) is 0. The van der Waals surface area contributed by atoms with Gasteiger partial charge in [-0.25, -0.2) is 0 Å². The summed E-state index contributed by atoms with van der Waals surface area (Å²) in [5.74, 6) is 0.602. The van der Waals surface area contributed by atoms with Gasteiger partial charge in [-0.2, -0.15) is 0 Å². The monoisotopic (exact) mass is 270 g/mol. The fourth-order valence-electron chi connectivity index (χ4n) is 1.94. The normalized spacial score (nSPS) is 11.4. The molecule has 0 aliphatic rings. The van der Waals surface area contributed by atoms with E-state index in [9.17, 15) is 0 Å². The molecule has 0 radical (unpaired) electrons.